The SMILES string of the molecule is CCNc1nc(NCC(=O)N(C)C)c2ccccc2n1. The molecule has 106 valence electrons. The standard InChI is InChI=1S/C14H19N5O/c1-4-15-14-17-11-8-6-5-7-10(11)13(18-14)16-9-12(20)19(2)3/h5-8H,4,9H2,1-3H3,(H2,15,16,17,18). The van der Waals surface area contributed by atoms with Gasteiger partial charge in [0.25, 0.3) is 0 Å². The van der Waals surface area contributed by atoms with Crippen molar-refractivity contribution in [3.63, 3.8) is 0 Å². The van der Waals surface area contributed by atoms with E-state index in [-0.39, 0.29) is 12.5 Å². The molecule has 0 fully saturated rings. The molecule has 20 heavy (non-hydrogen) atoms. The van der Waals surface area contributed by atoms with E-state index < -0.39 is 0 Å². The summed E-state index contributed by atoms with van der Waals surface area (Å²) in [6.07, 6.45) is 0. The molecule has 2 aromatic rings. The second-order valence-electron chi connectivity index (χ2n) is 4.59. The van der Waals surface area contributed by atoms with Crippen molar-refractivity contribution < 1.29 is 4.79 Å². The van der Waals surface area contributed by atoms with Crippen molar-refractivity contribution in [2.45, 2.75) is 6.92 Å². The highest BCUT2D eigenvalue weighted by Gasteiger charge is 2.09. The molecule has 6 heteroatoms. The van der Waals surface area contributed by atoms with Gasteiger partial charge in [-0.25, -0.2) is 4.98 Å². The number of hydrogen-bond acceptors (Lipinski definition) is 5. The van der Waals surface area contributed by atoms with Gasteiger partial charge in [-0.15, -0.1) is 0 Å². The highest BCUT2D eigenvalue weighted by Crippen LogP contribution is 2.21. The zero-order valence-electron chi connectivity index (χ0n) is 12.0. The number of hydrogen-bond donors (Lipinski definition) is 2. The van der Waals surface area contributed by atoms with Gasteiger partial charge in [-0.05, 0) is 19.1 Å². The van der Waals surface area contributed by atoms with E-state index in [0.29, 0.717) is 11.8 Å². The zero-order valence-corrected chi connectivity index (χ0v) is 12.0. The lowest BCUT2D eigenvalue weighted by atomic mass is 10.2. The third kappa shape index (κ3) is 3.14. The average molecular weight is 273 g/mol. The monoisotopic (exact) mass is 273 g/mol. The van der Waals surface area contributed by atoms with Gasteiger partial charge >= 0.3 is 0 Å². The van der Waals surface area contributed by atoms with E-state index in [1.165, 1.54) is 0 Å². The van der Waals surface area contributed by atoms with Crippen LogP contribution in [-0.2, 0) is 4.79 Å². The fourth-order valence-electron chi connectivity index (χ4n) is 1.77. The molecule has 0 radical (unpaired) electrons. The molecule has 0 saturated heterocycles. The largest absolute Gasteiger partial charge is 0.360 e. The molecule has 1 amide bonds. The third-order valence-electron chi connectivity index (χ3n) is 2.84. The van der Waals surface area contributed by atoms with Crippen molar-refractivity contribution in [2.75, 3.05) is 37.8 Å². The van der Waals surface area contributed by atoms with Crippen molar-refractivity contribution in [1.29, 1.82) is 0 Å². The number of amides is 1. The summed E-state index contributed by atoms with van der Waals surface area (Å²) >= 11 is 0. The molecule has 1 aromatic heterocycles. The number of fused-ring (bicyclic) bond motifs is 1. The van der Waals surface area contributed by atoms with Crippen molar-refractivity contribution in [3.05, 3.63) is 24.3 Å². The van der Waals surface area contributed by atoms with E-state index in [2.05, 4.69) is 20.6 Å². The summed E-state index contributed by atoms with van der Waals surface area (Å²) in [5.41, 5.74) is 0.846. The maximum absolute atomic E-state index is 11.7. The highest BCUT2D eigenvalue weighted by molar-refractivity contribution is 5.91. The fourth-order valence-corrected chi connectivity index (χ4v) is 1.77. The Labute approximate surface area is 118 Å². The number of anilines is 2. The normalized spacial score (nSPS) is 10.3. The van der Waals surface area contributed by atoms with Gasteiger partial charge in [0.15, 0.2) is 0 Å². The van der Waals surface area contributed by atoms with Gasteiger partial charge in [0.1, 0.15) is 5.82 Å². The molecule has 0 bridgehead atoms. The number of benzene rings is 1. The molecule has 0 unspecified atom stereocenters. The number of aromatic nitrogens is 2. The summed E-state index contributed by atoms with van der Waals surface area (Å²) in [6, 6.07) is 7.72. The molecule has 6 nitrogen and oxygen atoms in total. The first-order valence-electron chi connectivity index (χ1n) is 6.56. The molecule has 2 rings (SSSR count). The Bertz CT molecular complexity index is 612. The molecule has 1 heterocycles. The molecule has 0 aliphatic carbocycles. The summed E-state index contributed by atoms with van der Waals surface area (Å²) in [5.74, 6) is 1.23. The summed E-state index contributed by atoms with van der Waals surface area (Å²) in [4.78, 5) is 22.1. The Morgan fingerprint density at radius 1 is 1.20 bits per heavy atom. The lowest BCUT2D eigenvalue weighted by Gasteiger charge is -2.13. The smallest absolute Gasteiger partial charge is 0.241 e. The predicted molar refractivity (Wildman–Crippen MR) is 80.9 cm³/mol. The lowest BCUT2D eigenvalue weighted by molar-refractivity contribution is -0.126. The highest BCUT2D eigenvalue weighted by atomic mass is 16.2. The molecular weight excluding hydrogens is 254 g/mol. The Morgan fingerprint density at radius 2 is 1.95 bits per heavy atom. The van der Waals surface area contributed by atoms with E-state index in [1.54, 1.807) is 19.0 Å². The van der Waals surface area contributed by atoms with Crippen LogP contribution in [-0.4, -0.2) is 48.0 Å². The Kier molecular flexibility index (Phi) is 4.34. The number of para-hydroxylation sites is 1. The van der Waals surface area contributed by atoms with Crippen LogP contribution in [0.4, 0.5) is 11.8 Å². The van der Waals surface area contributed by atoms with E-state index in [1.807, 2.05) is 31.2 Å². The third-order valence-corrected chi connectivity index (χ3v) is 2.84. The fraction of sp³-hybridized carbons (Fsp3) is 0.357. The van der Waals surface area contributed by atoms with Crippen LogP contribution in [0.15, 0.2) is 24.3 Å². The van der Waals surface area contributed by atoms with Crippen molar-refractivity contribution in [2.24, 2.45) is 0 Å². The average Bonchev–Trinajstić information content (AvgIpc) is 2.44. The number of nitrogens with one attached hydrogen (secondary N) is 2. The quantitative estimate of drug-likeness (QED) is 0.865. The number of nitrogens with zero attached hydrogens (tertiary/aromatic N) is 3. The van der Waals surface area contributed by atoms with Crippen LogP contribution in [0.1, 0.15) is 6.92 Å². The van der Waals surface area contributed by atoms with Crippen molar-refractivity contribution >= 4 is 28.6 Å². The summed E-state index contributed by atoms with van der Waals surface area (Å²) in [6.45, 7) is 2.94. The second kappa shape index (κ2) is 6.18. The molecule has 0 atom stereocenters. The van der Waals surface area contributed by atoms with Crippen LogP contribution in [0.25, 0.3) is 10.9 Å². The number of rotatable bonds is 5. The predicted octanol–water partition coefficient (Wildman–Crippen LogP) is 1.56. The molecule has 2 N–H and O–H groups in total. The Hall–Kier alpha value is -2.37. The van der Waals surface area contributed by atoms with Crippen molar-refractivity contribution in [3.8, 4) is 0 Å². The molecule has 0 spiro atoms. The number of likely N-dealkylation sites (N-methyl/N-ethyl adjacent to an activating group) is 1. The minimum atomic E-state index is -0.00214. The van der Waals surface area contributed by atoms with Crippen LogP contribution in [0.3, 0.4) is 0 Å². The van der Waals surface area contributed by atoms with Gasteiger partial charge in [0, 0.05) is 26.0 Å². The van der Waals surface area contributed by atoms with Crippen LogP contribution in [0.5, 0.6) is 0 Å². The molecule has 0 saturated carbocycles. The van der Waals surface area contributed by atoms with Crippen LogP contribution in [0.2, 0.25) is 0 Å². The van der Waals surface area contributed by atoms with E-state index >= 15 is 0 Å². The minimum Gasteiger partial charge on any atom is -0.360 e. The van der Waals surface area contributed by atoms with Crippen LogP contribution >= 0.6 is 0 Å². The summed E-state index contributed by atoms with van der Waals surface area (Å²) in [5, 5.41) is 7.08. The molecule has 1 aromatic carbocycles. The lowest BCUT2D eigenvalue weighted by Crippen LogP contribution is -2.29. The topological polar surface area (TPSA) is 70.2 Å². The Balaban J connectivity index is 2.32. The second-order valence-corrected chi connectivity index (χ2v) is 4.59. The molecule has 0 aliphatic heterocycles. The first-order valence-corrected chi connectivity index (χ1v) is 6.56. The van der Waals surface area contributed by atoms with E-state index in [4.69, 9.17) is 0 Å². The first-order chi connectivity index (χ1) is 9.61. The van der Waals surface area contributed by atoms with Gasteiger partial charge < -0.3 is 15.5 Å². The van der Waals surface area contributed by atoms with Gasteiger partial charge in [-0.2, -0.15) is 4.98 Å². The van der Waals surface area contributed by atoms with E-state index in [0.717, 1.165) is 17.4 Å². The molecule has 0 aliphatic rings. The first kappa shape index (κ1) is 14.0. The zero-order chi connectivity index (χ0) is 14.5. The van der Waals surface area contributed by atoms with Crippen LogP contribution in [0, 0.1) is 0 Å². The van der Waals surface area contributed by atoms with E-state index in [9.17, 15) is 4.79 Å². The van der Waals surface area contributed by atoms with Crippen LogP contribution < -0.4 is 10.6 Å². The Morgan fingerprint density at radius 3 is 2.65 bits per heavy atom. The van der Waals surface area contributed by atoms with Gasteiger partial charge in [-0.1, -0.05) is 12.1 Å². The van der Waals surface area contributed by atoms with Crippen molar-refractivity contribution in [1.82, 2.24) is 14.9 Å². The van der Waals surface area contributed by atoms with Gasteiger partial charge in [0.05, 0.1) is 12.1 Å². The summed E-state index contributed by atoms with van der Waals surface area (Å²) in [7, 11) is 3.46. The minimum absolute atomic E-state index is 0.00214. The molecular formula is C14H19N5O. The summed E-state index contributed by atoms with van der Waals surface area (Å²) < 4.78 is 0. The van der Waals surface area contributed by atoms with Gasteiger partial charge in [0.2, 0.25) is 11.9 Å². The number of carbonyl (C=O) groups excluding carboxylic acids is 1. The maximum atomic E-state index is 11.7. The van der Waals surface area contributed by atoms with Gasteiger partial charge in [-0.3, -0.25) is 4.79 Å². The maximum Gasteiger partial charge on any atom is 0.241 e. The number of carbonyl (C=O) groups is 1.